The van der Waals surface area contributed by atoms with Crippen molar-refractivity contribution in [1.29, 1.82) is 0 Å². The van der Waals surface area contributed by atoms with Crippen LogP contribution in [-0.4, -0.2) is 11.1 Å². The van der Waals surface area contributed by atoms with Crippen molar-refractivity contribution in [1.82, 2.24) is 5.32 Å². The fourth-order valence-electron chi connectivity index (χ4n) is 0.374. The van der Waals surface area contributed by atoms with E-state index in [0.29, 0.717) is 0 Å². The maximum Gasteiger partial charge on any atom is 0.290 e. The lowest BCUT2D eigenvalue weighted by Gasteiger charge is -1.98. The van der Waals surface area contributed by atoms with Gasteiger partial charge in [0, 0.05) is 6.92 Å². The normalized spacial score (nSPS) is 11.0. The predicted molar refractivity (Wildman–Crippen MR) is 46.2 cm³/mol. The minimum absolute atomic E-state index is 0.326. The highest BCUT2D eigenvalue weighted by atomic mass is 32.2. The molecule has 0 unspecified atom stereocenters. The molecule has 4 heteroatoms. The molecule has 62 valence electrons. The Balaban J connectivity index is 3.79. The van der Waals surface area contributed by atoms with Gasteiger partial charge >= 0.3 is 0 Å². The van der Waals surface area contributed by atoms with E-state index in [1.165, 1.54) is 6.92 Å². The number of hydrogen-bond acceptors (Lipinski definition) is 3. The number of hydrogen-bond donors (Lipinski definition) is 1. The van der Waals surface area contributed by atoms with Crippen LogP contribution < -0.4 is 5.32 Å². The topological polar surface area (TPSA) is 46.2 Å². The van der Waals surface area contributed by atoms with Crippen LogP contribution in [0.3, 0.4) is 0 Å². The second-order valence-corrected chi connectivity index (χ2v) is 3.19. The van der Waals surface area contributed by atoms with Crippen LogP contribution in [-0.2, 0) is 4.79 Å². The van der Waals surface area contributed by atoms with Gasteiger partial charge in [-0.15, -0.1) is 0 Å². The van der Waals surface area contributed by atoms with Crippen molar-refractivity contribution < 1.29 is 9.59 Å². The highest BCUT2D eigenvalue weighted by Gasteiger charge is 2.03. The molecule has 0 saturated heterocycles. The summed E-state index contributed by atoms with van der Waals surface area (Å²) in [5.74, 6) is -0.327. The van der Waals surface area contributed by atoms with Crippen molar-refractivity contribution in [3.63, 3.8) is 0 Å². The monoisotopic (exact) mass is 173 g/mol. The smallest absolute Gasteiger partial charge is 0.287 e. The summed E-state index contributed by atoms with van der Waals surface area (Å²) in [7, 11) is 0. The van der Waals surface area contributed by atoms with E-state index in [4.69, 9.17) is 0 Å². The standard InChI is InChI=1S/C7H11NO2S/c1-4-5(2)11-7(10)8-6(3)9/h4H,1-3H3,(H,8,9,10)/b5-4+. The molecule has 0 aliphatic carbocycles. The van der Waals surface area contributed by atoms with Gasteiger partial charge in [-0.25, -0.2) is 0 Å². The number of rotatable bonds is 1. The lowest BCUT2D eigenvalue weighted by Crippen LogP contribution is -2.23. The van der Waals surface area contributed by atoms with Gasteiger partial charge in [-0.1, -0.05) is 6.08 Å². The zero-order chi connectivity index (χ0) is 8.85. The van der Waals surface area contributed by atoms with Crippen molar-refractivity contribution in [2.24, 2.45) is 0 Å². The quantitative estimate of drug-likeness (QED) is 0.658. The summed E-state index contributed by atoms with van der Waals surface area (Å²) in [6, 6.07) is 0. The molecule has 2 amide bonds. The largest absolute Gasteiger partial charge is 0.290 e. The van der Waals surface area contributed by atoms with Gasteiger partial charge in [0.05, 0.1) is 0 Å². The molecule has 0 saturated carbocycles. The molecular weight excluding hydrogens is 162 g/mol. The van der Waals surface area contributed by atoms with Crippen LogP contribution in [0.15, 0.2) is 11.0 Å². The molecule has 0 fully saturated rings. The van der Waals surface area contributed by atoms with Gasteiger partial charge in [0.15, 0.2) is 0 Å². The molecule has 0 aromatic rings. The molecule has 0 radical (unpaired) electrons. The molecule has 11 heavy (non-hydrogen) atoms. The number of allylic oxidation sites excluding steroid dienone is 2. The number of carbonyl (C=O) groups is 2. The molecule has 0 aliphatic rings. The van der Waals surface area contributed by atoms with E-state index in [0.717, 1.165) is 16.7 Å². The first kappa shape index (κ1) is 10.2. The molecule has 0 atom stereocenters. The van der Waals surface area contributed by atoms with E-state index < -0.39 is 0 Å². The average Bonchev–Trinajstić information content (AvgIpc) is 1.85. The van der Waals surface area contributed by atoms with Gasteiger partial charge in [-0.3, -0.25) is 14.9 Å². The molecule has 0 spiro atoms. The summed E-state index contributed by atoms with van der Waals surface area (Å²) in [5, 5.41) is 1.83. The van der Waals surface area contributed by atoms with Gasteiger partial charge < -0.3 is 0 Å². The molecule has 0 aromatic heterocycles. The van der Waals surface area contributed by atoms with Gasteiger partial charge in [0.1, 0.15) is 0 Å². The Hall–Kier alpha value is -0.770. The highest BCUT2D eigenvalue weighted by Crippen LogP contribution is 2.14. The summed E-state index contributed by atoms with van der Waals surface area (Å²) < 4.78 is 0. The predicted octanol–water partition coefficient (Wildman–Crippen LogP) is 1.90. The first-order chi connectivity index (χ1) is 5.06. The summed E-state index contributed by atoms with van der Waals surface area (Å²) >= 11 is 1.02. The van der Waals surface area contributed by atoms with Gasteiger partial charge in [0.25, 0.3) is 5.24 Å². The minimum Gasteiger partial charge on any atom is -0.287 e. The number of nitrogens with one attached hydrogen (secondary N) is 1. The average molecular weight is 173 g/mol. The van der Waals surface area contributed by atoms with Crippen molar-refractivity contribution in [3.05, 3.63) is 11.0 Å². The molecule has 0 aromatic carbocycles. The second-order valence-electron chi connectivity index (χ2n) is 1.97. The number of imide groups is 1. The molecule has 0 heterocycles. The fraction of sp³-hybridized carbons (Fsp3) is 0.429. The van der Waals surface area contributed by atoms with Gasteiger partial charge in [0.2, 0.25) is 5.91 Å². The summed E-state index contributed by atoms with van der Waals surface area (Å²) in [6.45, 7) is 4.96. The Morgan fingerprint density at radius 2 is 1.91 bits per heavy atom. The Morgan fingerprint density at radius 3 is 2.27 bits per heavy atom. The maximum absolute atomic E-state index is 10.8. The summed E-state index contributed by atoms with van der Waals surface area (Å²) in [4.78, 5) is 22.1. The third-order valence-electron chi connectivity index (χ3n) is 0.938. The number of carbonyl (C=O) groups excluding carboxylic acids is 2. The van der Waals surface area contributed by atoms with Crippen LogP contribution in [0.5, 0.6) is 0 Å². The third kappa shape index (κ3) is 5.66. The molecule has 0 aliphatic heterocycles. The number of thioether (sulfide) groups is 1. The van der Waals surface area contributed by atoms with E-state index >= 15 is 0 Å². The fourth-order valence-corrected chi connectivity index (χ4v) is 0.979. The van der Waals surface area contributed by atoms with E-state index in [1.54, 1.807) is 0 Å². The first-order valence-electron chi connectivity index (χ1n) is 3.18. The third-order valence-corrected chi connectivity index (χ3v) is 1.78. The maximum atomic E-state index is 10.8. The first-order valence-corrected chi connectivity index (χ1v) is 4.00. The van der Waals surface area contributed by atoms with E-state index in [2.05, 4.69) is 5.32 Å². The zero-order valence-electron chi connectivity index (χ0n) is 6.80. The Bertz CT molecular complexity index is 199. The van der Waals surface area contributed by atoms with E-state index in [9.17, 15) is 9.59 Å². The Labute approximate surface area is 70.2 Å². The van der Waals surface area contributed by atoms with Crippen LogP contribution in [0.4, 0.5) is 4.79 Å². The molecule has 0 rings (SSSR count). The Morgan fingerprint density at radius 1 is 1.36 bits per heavy atom. The van der Waals surface area contributed by atoms with Gasteiger partial charge in [-0.05, 0) is 30.5 Å². The molecule has 3 nitrogen and oxygen atoms in total. The zero-order valence-corrected chi connectivity index (χ0v) is 7.62. The highest BCUT2D eigenvalue weighted by molar-refractivity contribution is 8.16. The lowest BCUT2D eigenvalue weighted by molar-refractivity contribution is -0.117. The van der Waals surface area contributed by atoms with Crippen molar-refractivity contribution in [3.8, 4) is 0 Å². The second kappa shape index (κ2) is 4.96. The number of amides is 2. The molecular formula is C7H11NO2S. The van der Waals surface area contributed by atoms with Crippen molar-refractivity contribution >= 4 is 22.9 Å². The van der Waals surface area contributed by atoms with Crippen LogP contribution in [0.25, 0.3) is 0 Å². The summed E-state index contributed by atoms with van der Waals surface area (Å²) in [5.41, 5.74) is 0. The van der Waals surface area contributed by atoms with Crippen LogP contribution in [0.2, 0.25) is 0 Å². The molecule has 1 N–H and O–H groups in total. The van der Waals surface area contributed by atoms with Crippen LogP contribution >= 0.6 is 11.8 Å². The summed E-state index contributed by atoms with van der Waals surface area (Å²) in [6.07, 6.45) is 1.81. The lowest BCUT2D eigenvalue weighted by atomic mass is 10.6. The van der Waals surface area contributed by atoms with Crippen LogP contribution in [0, 0.1) is 0 Å². The van der Waals surface area contributed by atoms with E-state index in [1.807, 2.05) is 19.9 Å². The van der Waals surface area contributed by atoms with Crippen molar-refractivity contribution in [2.75, 3.05) is 0 Å². The SMILES string of the molecule is C/C=C(\C)SC(=O)NC(C)=O. The van der Waals surface area contributed by atoms with E-state index in [-0.39, 0.29) is 11.1 Å². The van der Waals surface area contributed by atoms with Crippen molar-refractivity contribution in [2.45, 2.75) is 20.8 Å². The Kier molecular flexibility index (Phi) is 4.61. The molecule has 0 bridgehead atoms. The minimum atomic E-state index is -0.327. The van der Waals surface area contributed by atoms with Gasteiger partial charge in [-0.2, -0.15) is 0 Å². The van der Waals surface area contributed by atoms with Crippen LogP contribution in [0.1, 0.15) is 20.8 Å².